The first-order chi connectivity index (χ1) is 8.60. The fourth-order valence-corrected chi connectivity index (χ4v) is 3.40. The summed E-state index contributed by atoms with van der Waals surface area (Å²) in [5.41, 5.74) is 1.15. The molecule has 1 atom stereocenters. The highest BCUT2D eigenvalue weighted by Gasteiger charge is 2.11. The van der Waals surface area contributed by atoms with Gasteiger partial charge in [0.05, 0.1) is 11.7 Å². The van der Waals surface area contributed by atoms with Crippen LogP contribution in [0.15, 0.2) is 6.20 Å². The van der Waals surface area contributed by atoms with Gasteiger partial charge in [-0.25, -0.2) is 9.97 Å². The zero-order valence-corrected chi connectivity index (χ0v) is 12.9. The Balaban J connectivity index is 1.93. The van der Waals surface area contributed by atoms with Gasteiger partial charge in [-0.3, -0.25) is 0 Å². The van der Waals surface area contributed by atoms with E-state index in [0.29, 0.717) is 6.04 Å². The monoisotopic (exact) mass is 281 g/mol. The number of aryl methyl sites for hydroxylation is 3. The molecular weight excluding hydrogens is 262 g/mol. The van der Waals surface area contributed by atoms with Crippen molar-refractivity contribution in [2.45, 2.75) is 46.7 Å². The summed E-state index contributed by atoms with van der Waals surface area (Å²) in [7, 11) is 0. The summed E-state index contributed by atoms with van der Waals surface area (Å²) in [6, 6.07) is 0.291. The van der Waals surface area contributed by atoms with E-state index in [2.05, 4.69) is 43.0 Å². The molecular formula is C13H19N3S2. The van der Waals surface area contributed by atoms with Crippen LogP contribution in [0.2, 0.25) is 0 Å². The molecule has 0 amide bonds. The number of nitrogens with zero attached hydrogens (tertiary/aromatic N) is 2. The normalized spacial score (nSPS) is 12.9. The van der Waals surface area contributed by atoms with Crippen molar-refractivity contribution >= 4 is 22.7 Å². The predicted octanol–water partition coefficient (Wildman–Crippen LogP) is 3.63. The molecule has 0 aliphatic carbocycles. The molecule has 2 aromatic heterocycles. The maximum absolute atomic E-state index is 4.54. The minimum atomic E-state index is 0.291. The van der Waals surface area contributed by atoms with Gasteiger partial charge in [0.25, 0.3) is 0 Å². The second-order valence-corrected chi connectivity index (χ2v) is 6.80. The summed E-state index contributed by atoms with van der Waals surface area (Å²) in [6.07, 6.45) is 3.05. The molecule has 0 saturated carbocycles. The third-order valence-corrected chi connectivity index (χ3v) is 5.32. The third-order valence-electron chi connectivity index (χ3n) is 2.92. The van der Waals surface area contributed by atoms with Gasteiger partial charge in [-0.15, -0.1) is 22.7 Å². The van der Waals surface area contributed by atoms with E-state index >= 15 is 0 Å². The molecule has 0 fully saturated rings. The lowest BCUT2D eigenvalue weighted by Crippen LogP contribution is -2.17. The minimum absolute atomic E-state index is 0.291. The van der Waals surface area contributed by atoms with Crippen molar-refractivity contribution in [1.29, 1.82) is 0 Å². The summed E-state index contributed by atoms with van der Waals surface area (Å²) in [6.45, 7) is 9.32. The number of thiazole rings is 2. The largest absolute Gasteiger partial charge is 0.302 e. The van der Waals surface area contributed by atoms with Crippen LogP contribution < -0.4 is 5.32 Å². The molecule has 3 nitrogen and oxygen atoms in total. The van der Waals surface area contributed by atoms with Gasteiger partial charge in [-0.05, 0) is 27.2 Å². The Morgan fingerprint density at radius 3 is 2.67 bits per heavy atom. The fraction of sp³-hybridized carbons (Fsp3) is 0.538. The average molecular weight is 281 g/mol. The lowest BCUT2D eigenvalue weighted by atomic mass is 10.3. The van der Waals surface area contributed by atoms with Crippen LogP contribution in [0.4, 0.5) is 0 Å². The average Bonchev–Trinajstić information content (AvgIpc) is 2.94. The van der Waals surface area contributed by atoms with Gasteiger partial charge >= 0.3 is 0 Å². The van der Waals surface area contributed by atoms with Crippen molar-refractivity contribution in [3.8, 4) is 0 Å². The Morgan fingerprint density at radius 2 is 2.11 bits per heavy atom. The first kappa shape index (κ1) is 13.6. The molecule has 18 heavy (non-hydrogen) atoms. The smallest absolute Gasteiger partial charge is 0.109 e. The van der Waals surface area contributed by atoms with Gasteiger partial charge < -0.3 is 5.32 Å². The van der Waals surface area contributed by atoms with Crippen molar-refractivity contribution in [3.63, 3.8) is 0 Å². The minimum Gasteiger partial charge on any atom is -0.302 e. The molecule has 0 saturated heterocycles. The standard InChI is InChI=1S/C13H19N3S2/c1-5-11-6-15-13(18-11)9(3)14-7-12-16-8(2)10(4)17-12/h6,9,14H,5,7H2,1-4H3. The zero-order chi connectivity index (χ0) is 13.1. The maximum Gasteiger partial charge on any atom is 0.109 e. The summed E-state index contributed by atoms with van der Waals surface area (Å²) in [5, 5.41) is 5.81. The molecule has 1 N–H and O–H groups in total. The van der Waals surface area contributed by atoms with Crippen molar-refractivity contribution < 1.29 is 0 Å². The number of hydrogen-bond acceptors (Lipinski definition) is 5. The molecule has 2 rings (SSSR count). The van der Waals surface area contributed by atoms with Gasteiger partial charge in [0.15, 0.2) is 0 Å². The summed E-state index contributed by atoms with van der Waals surface area (Å²) >= 11 is 3.56. The van der Waals surface area contributed by atoms with Crippen LogP contribution in [-0.4, -0.2) is 9.97 Å². The van der Waals surface area contributed by atoms with Crippen LogP contribution >= 0.6 is 22.7 Å². The van der Waals surface area contributed by atoms with Crippen LogP contribution in [-0.2, 0) is 13.0 Å². The van der Waals surface area contributed by atoms with Crippen LogP contribution in [0.1, 0.15) is 45.4 Å². The zero-order valence-electron chi connectivity index (χ0n) is 11.3. The van der Waals surface area contributed by atoms with E-state index in [0.717, 1.165) is 28.7 Å². The highest BCUT2D eigenvalue weighted by molar-refractivity contribution is 7.12. The van der Waals surface area contributed by atoms with E-state index in [9.17, 15) is 0 Å². The number of rotatable bonds is 5. The molecule has 2 aromatic rings. The second kappa shape index (κ2) is 5.91. The summed E-state index contributed by atoms with van der Waals surface area (Å²) < 4.78 is 0. The highest BCUT2D eigenvalue weighted by Crippen LogP contribution is 2.21. The van der Waals surface area contributed by atoms with Crippen LogP contribution in [0.25, 0.3) is 0 Å². The number of aromatic nitrogens is 2. The third kappa shape index (κ3) is 3.16. The van der Waals surface area contributed by atoms with Gasteiger partial charge in [0.1, 0.15) is 10.0 Å². The quantitative estimate of drug-likeness (QED) is 0.909. The molecule has 0 bridgehead atoms. The Morgan fingerprint density at radius 1 is 1.33 bits per heavy atom. The number of hydrogen-bond donors (Lipinski definition) is 1. The lowest BCUT2D eigenvalue weighted by Gasteiger charge is -2.09. The molecule has 0 spiro atoms. The van der Waals surface area contributed by atoms with E-state index in [1.807, 2.05) is 6.20 Å². The Hall–Kier alpha value is -0.780. The Kier molecular flexibility index (Phi) is 4.48. The molecule has 0 aliphatic heterocycles. The summed E-state index contributed by atoms with van der Waals surface area (Å²) in [4.78, 5) is 11.7. The second-order valence-electron chi connectivity index (χ2n) is 4.37. The predicted molar refractivity (Wildman–Crippen MR) is 78.3 cm³/mol. The van der Waals surface area contributed by atoms with E-state index in [-0.39, 0.29) is 0 Å². The molecule has 1 unspecified atom stereocenters. The van der Waals surface area contributed by atoms with E-state index in [4.69, 9.17) is 0 Å². The van der Waals surface area contributed by atoms with E-state index in [1.54, 1.807) is 22.7 Å². The van der Waals surface area contributed by atoms with E-state index < -0.39 is 0 Å². The molecule has 5 heteroatoms. The molecule has 0 aliphatic rings. The van der Waals surface area contributed by atoms with E-state index in [1.165, 1.54) is 9.75 Å². The Labute approximate surface area is 116 Å². The van der Waals surface area contributed by atoms with Crippen LogP contribution in [0, 0.1) is 13.8 Å². The van der Waals surface area contributed by atoms with Crippen molar-refractivity contribution in [2.75, 3.05) is 0 Å². The SMILES string of the molecule is CCc1cnc(C(C)NCc2nc(C)c(C)s2)s1. The van der Waals surface area contributed by atoms with Crippen LogP contribution in [0.5, 0.6) is 0 Å². The Bertz CT molecular complexity index is 497. The molecule has 98 valence electrons. The van der Waals surface area contributed by atoms with Gasteiger partial charge in [-0.2, -0.15) is 0 Å². The van der Waals surface area contributed by atoms with Crippen LogP contribution in [0.3, 0.4) is 0 Å². The topological polar surface area (TPSA) is 37.8 Å². The van der Waals surface area contributed by atoms with Gasteiger partial charge in [-0.1, -0.05) is 6.92 Å². The highest BCUT2D eigenvalue weighted by atomic mass is 32.1. The first-order valence-corrected chi connectivity index (χ1v) is 7.84. The molecule has 0 radical (unpaired) electrons. The van der Waals surface area contributed by atoms with Crippen molar-refractivity contribution in [1.82, 2.24) is 15.3 Å². The maximum atomic E-state index is 4.54. The lowest BCUT2D eigenvalue weighted by molar-refractivity contribution is 0.570. The molecule has 0 aromatic carbocycles. The fourth-order valence-electron chi connectivity index (χ4n) is 1.63. The first-order valence-electron chi connectivity index (χ1n) is 6.21. The molecule has 2 heterocycles. The van der Waals surface area contributed by atoms with Crippen molar-refractivity contribution in [2.24, 2.45) is 0 Å². The van der Waals surface area contributed by atoms with Gasteiger partial charge in [0.2, 0.25) is 0 Å². The summed E-state index contributed by atoms with van der Waals surface area (Å²) in [5.74, 6) is 0. The van der Waals surface area contributed by atoms with Crippen molar-refractivity contribution in [3.05, 3.63) is 31.7 Å². The number of nitrogens with one attached hydrogen (secondary N) is 1. The van der Waals surface area contributed by atoms with Gasteiger partial charge in [0, 0.05) is 22.5 Å².